The summed E-state index contributed by atoms with van der Waals surface area (Å²) in [7, 11) is 0. The molecule has 3 aromatic rings. The summed E-state index contributed by atoms with van der Waals surface area (Å²) < 4.78 is 1.17. The number of hydrogen-bond acceptors (Lipinski definition) is 5. The van der Waals surface area contributed by atoms with Gasteiger partial charge in [-0.15, -0.1) is 11.8 Å². The largest absolute Gasteiger partial charge is 0.307 e. The quantitative estimate of drug-likeness (QED) is 0.129. The first-order valence-corrected chi connectivity index (χ1v) is 19.1. The summed E-state index contributed by atoms with van der Waals surface area (Å²) >= 11 is 4.07. The van der Waals surface area contributed by atoms with Crippen LogP contribution < -0.4 is 10.6 Å². The van der Waals surface area contributed by atoms with E-state index in [2.05, 4.69) is 125 Å². The van der Waals surface area contributed by atoms with Crippen molar-refractivity contribution in [3.8, 4) is 0 Å². The van der Waals surface area contributed by atoms with Gasteiger partial charge in [0.2, 0.25) is 0 Å². The standard InChI is InChI=1S/C24H31NOS.C17H24INO/c1-23(2)15-19(16-24(3,4)25-23)14-22(26)20-10-12-21(13-11-20)27-17-18-8-6-5-7-9-18;1-16(2)10-12(11-17(3,4)19-16)9-15(20)13-5-7-14(18)8-6-13/h5-13,19,25H,14-17H2,1-4H3;5-8,12,19H,9-11H2,1-4H3. The Morgan fingerprint density at radius 3 is 1.40 bits per heavy atom. The van der Waals surface area contributed by atoms with Gasteiger partial charge in [0.1, 0.15) is 0 Å². The number of benzene rings is 3. The van der Waals surface area contributed by atoms with E-state index in [1.165, 1.54) is 14.0 Å². The van der Waals surface area contributed by atoms with Crippen molar-refractivity contribution in [3.63, 3.8) is 0 Å². The number of ketones is 2. The van der Waals surface area contributed by atoms with Crippen molar-refractivity contribution in [1.29, 1.82) is 0 Å². The van der Waals surface area contributed by atoms with Crippen molar-refractivity contribution in [2.24, 2.45) is 11.8 Å². The first-order chi connectivity index (χ1) is 21.9. The second-order valence-electron chi connectivity index (χ2n) is 16.4. The van der Waals surface area contributed by atoms with E-state index in [9.17, 15) is 9.59 Å². The van der Waals surface area contributed by atoms with Crippen molar-refractivity contribution in [2.45, 2.75) is 127 Å². The zero-order chi connectivity index (χ0) is 34.5. The summed E-state index contributed by atoms with van der Waals surface area (Å²) in [5, 5.41) is 7.37. The lowest BCUT2D eigenvalue weighted by Crippen LogP contribution is -2.58. The molecule has 0 spiro atoms. The van der Waals surface area contributed by atoms with Crippen LogP contribution in [0.25, 0.3) is 0 Å². The van der Waals surface area contributed by atoms with E-state index in [1.54, 1.807) is 0 Å². The fourth-order valence-corrected chi connectivity index (χ4v) is 9.44. The second kappa shape index (κ2) is 15.7. The van der Waals surface area contributed by atoms with Crippen LogP contribution in [0.3, 0.4) is 0 Å². The van der Waals surface area contributed by atoms with Crippen molar-refractivity contribution < 1.29 is 9.59 Å². The second-order valence-corrected chi connectivity index (χ2v) is 18.7. The predicted octanol–water partition coefficient (Wildman–Crippen LogP) is 10.5. The molecule has 3 aromatic carbocycles. The summed E-state index contributed by atoms with van der Waals surface area (Å²) in [4.78, 5) is 26.4. The van der Waals surface area contributed by atoms with Gasteiger partial charge in [-0.25, -0.2) is 0 Å². The fourth-order valence-electron chi connectivity index (χ4n) is 8.23. The van der Waals surface area contributed by atoms with E-state index >= 15 is 0 Å². The molecule has 254 valence electrons. The zero-order valence-electron chi connectivity index (χ0n) is 29.7. The normalized spacial score (nSPS) is 20.1. The SMILES string of the molecule is CC1(C)CC(CC(=O)c2ccc(I)cc2)CC(C)(C)N1.CC1(C)CC(CC(=O)c2ccc(SCc3ccccc3)cc2)CC(C)(C)N1. The molecule has 0 atom stereocenters. The van der Waals surface area contributed by atoms with Crippen molar-refractivity contribution in [2.75, 3.05) is 0 Å². The average Bonchev–Trinajstić information content (AvgIpc) is 2.94. The minimum Gasteiger partial charge on any atom is -0.307 e. The molecule has 2 aliphatic rings. The van der Waals surface area contributed by atoms with E-state index in [0.717, 1.165) is 42.6 Å². The third-order valence-electron chi connectivity index (χ3n) is 9.09. The van der Waals surface area contributed by atoms with E-state index in [-0.39, 0.29) is 33.7 Å². The molecule has 2 fully saturated rings. The minimum absolute atomic E-state index is 0.0879. The number of piperidine rings is 2. The third-order valence-corrected chi connectivity index (χ3v) is 10.9. The number of hydrogen-bond donors (Lipinski definition) is 2. The summed E-state index contributed by atoms with van der Waals surface area (Å²) in [6.07, 6.45) is 5.53. The topological polar surface area (TPSA) is 58.2 Å². The molecule has 2 N–H and O–H groups in total. The summed E-state index contributed by atoms with van der Waals surface area (Å²) in [6, 6.07) is 26.5. The van der Waals surface area contributed by atoms with Gasteiger partial charge in [-0.05, 0) is 145 Å². The number of carbonyl (C=O) groups is 2. The summed E-state index contributed by atoms with van der Waals surface area (Å²) in [5.74, 6) is 2.41. The van der Waals surface area contributed by atoms with Gasteiger partial charge in [-0.3, -0.25) is 9.59 Å². The lowest BCUT2D eigenvalue weighted by Gasteiger charge is -2.46. The first-order valence-electron chi connectivity index (χ1n) is 17.1. The number of halogens is 1. The highest BCUT2D eigenvalue weighted by atomic mass is 127. The smallest absolute Gasteiger partial charge is 0.163 e. The molecule has 6 heteroatoms. The van der Waals surface area contributed by atoms with E-state index in [4.69, 9.17) is 0 Å². The van der Waals surface area contributed by atoms with Gasteiger partial charge >= 0.3 is 0 Å². The van der Waals surface area contributed by atoms with Crippen LogP contribution in [-0.2, 0) is 5.75 Å². The van der Waals surface area contributed by atoms with Crippen LogP contribution in [0.4, 0.5) is 0 Å². The van der Waals surface area contributed by atoms with Crippen LogP contribution in [0.2, 0.25) is 0 Å². The van der Waals surface area contributed by atoms with E-state index in [1.807, 2.05) is 54.2 Å². The van der Waals surface area contributed by atoms with Gasteiger partial charge in [-0.1, -0.05) is 54.6 Å². The number of carbonyl (C=O) groups excluding carboxylic acids is 2. The Kier molecular flexibility index (Phi) is 12.6. The molecule has 0 bridgehead atoms. The average molecular weight is 767 g/mol. The van der Waals surface area contributed by atoms with Crippen LogP contribution in [-0.4, -0.2) is 33.7 Å². The van der Waals surface area contributed by atoms with Crippen LogP contribution in [0, 0.1) is 15.4 Å². The Labute approximate surface area is 302 Å². The Morgan fingerprint density at radius 1 is 0.617 bits per heavy atom. The number of thioether (sulfide) groups is 1. The number of Topliss-reactive ketones (excluding diaryl/α,β-unsaturated/α-hetero) is 2. The zero-order valence-corrected chi connectivity index (χ0v) is 32.7. The third kappa shape index (κ3) is 12.4. The van der Waals surface area contributed by atoms with Crippen molar-refractivity contribution >= 4 is 45.9 Å². The van der Waals surface area contributed by atoms with Gasteiger partial charge in [0.05, 0.1) is 0 Å². The van der Waals surface area contributed by atoms with Crippen LogP contribution in [0.15, 0.2) is 83.8 Å². The molecule has 4 nitrogen and oxygen atoms in total. The molecule has 0 radical (unpaired) electrons. The van der Waals surface area contributed by atoms with E-state index in [0.29, 0.717) is 24.7 Å². The molecule has 2 aliphatic heterocycles. The predicted molar refractivity (Wildman–Crippen MR) is 208 cm³/mol. The Hall–Kier alpha value is -2.00. The molecule has 0 aromatic heterocycles. The number of nitrogens with one attached hydrogen (secondary N) is 2. The highest BCUT2D eigenvalue weighted by Gasteiger charge is 2.39. The maximum Gasteiger partial charge on any atom is 0.163 e. The van der Waals surface area contributed by atoms with Crippen LogP contribution in [0.5, 0.6) is 0 Å². The van der Waals surface area contributed by atoms with E-state index < -0.39 is 0 Å². The molecule has 0 amide bonds. The first kappa shape index (κ1) is 37.8. The highest BCUT2D eigenvalue weighted by Crippen LogP contribution is 2.36. The Balaban J connectivity index is 0.000000223. The van der Waals surface area contributed by atoms with Gasteiger partial charge < -0.3 is 10.6 Å². The fraction of sp³-hybridized carbons (Fsp3) is 0.512. The molecule has 5 rings (SSSR count). The minimum atomic E-state index is 0.0879. The molecule has 0 unspecified atom stereocenters. The van der Waals surface area contributed by atoms with Gasteiger partial charge in [0.25, 0.3) is 0 Å². The van der Waals surface area contributed by atoms with Gasteiger partial charge in [0.15, 0.2) is 11.6 Å². The van der Waals surface area contributed by atoms with Gasteiger partial charge in [-0.2, -0.15) is 0 Å². The molecule has 0 aliphatic carbocycles. The number of rotatable bonds is 9. The Morgan fingerprint density at radius 2 is 1.00 bits per heavy atom. The monoisotopic (exact) mass is 766 g/mol. The molecule has 47 heavy (non-hydrogen) atoms. The summed E-state index contributed by atoms with van der Waals surface area (Å²) in [6.45, 7) is 17.9. The molecule has 0 saturated carbocycles. The molecule has 2 heterocycles. The van der Waals surface area contributed by atoms with Crippen LogP contribution >= 0.6 is 34.4 Å². The molecule has 2 saturated heterocycles. The van der Waals surface area contributed by atoms with Gasteiger partial charge in [0, 0.05) is 60.3 Å². The molecular weight excluding hydrogens is 711 g/mol. The van der Waals surface area contributed by atoms with Crippen molar-refractivity contribution in [3.05, 3.63) is 99.1 Å². The lowest BCUT2D eigenvalue weighted by atomic mass is 9.74. The maximum absolute atomic E-state index is 12.8. The highest BCUT2D eigenvalue weighted by molar-refractivity contribution is 14.1. The van der Waals surface area contributed by atoms with Crippen molar-refractivity contribution in [1.82, 2.24) is 10.6 Å². The lowest BCUT2D eigenvalue weighted by molar-refractivity contribution is 0.0852. The maximum atomic E-state index is 12.8. The molecular formula is C41H55IN2O2S. The Bertz CT molecular complexity index is 1450. The summed E-state index contributed by atoms with van der Waals surface area (Å²) in [5.41, 5.74) is 3.40. The van der Waals surface area contributed by atoms with Crippen LogP contribution in [0.1, 0.15) is 120 Å².